The van der Waals surface area contributed by atoms with Gasteiger partial charge in [-0.25, -0.2) is 8.42 Å². The Balaban J connectivity index is 2.72. The van der Waals surface area contributed by atoms with Crippen LogP contribution in [0, 0.1) is 18.3 Å². The number of anilines is 1. The molecule has 0 unspecified atom stereocenters. The molecular formula is C14H20N2O2S. The van der Waals surface area contributed by atoms with Gasteiger partial charge >= 0.3 is 0 Å². The van der Waals surface area contributed by atoms with Crippen molar-refractivity contribution in [3.8, 4) is 6.07 Å². The molecule has 0 aliphatic heterocycles. The summed E-state index contributed by atoms with van der Waals surface area (Å²) in [4.78, 5) is 0. The SMILES string of the molecule is Cc1ccc(C#N)cc1NCCS(=O)(=O)C(C)(C)C. The summed E-state index contributed by atoms with van der Waals surface area (Å²) in [7, 11) is -3.12. The van der Waals surface area contributed by atoms with E-state index in [9.17, 15) is 8.42 Å². The number of nitriles is 1. The molecule has 0 atom stereocenters. The third kappa shape index (κ3) is 3.97. The van der Waals surface area contributed by atoms with Crippen molar-refractivity contribution in [2.75, 3.05) is 17.6 Å². The van der Waals surface area contributed by atoms with E-state index in [1.165, 1.54) is 0 Å². The van der Waals surface area contributed by atoms with Gasteiger partial charge in [-0.1, -0.05) is 6.07 Å². The zero-order valence-corrected chi connectivity index (χ0v) is 12.6. The Kier molecular flexibility index (Phi) is 4.59. The number of aryl methyl sites for hydroxylation is 1. The molecule has 5 heteroatoms. The summed E-state index contributed by atoms with van der Waals surface area (Å²) in [5.74, 6) is 0.0761. The molecule has 0 aromatic heterocycles. The molecule has 0 aliphatic rings. The largest absolute Gasteiger partial charge is 0.384 e. The Morgan fingerprint density at radius 2 is 1.95 bits per heavy atom. The summed E-state index contributed by atoms with van der Waals surface area (Å²) in [5.41, 5.74) is 2.36. The zero-order chi connectivity index (χ0) is 14.7. The average molecular weight is 280 g/mol. The molecule has 0 bridgehead atoms. The third-order valence-corrected chi connectivity index (χ3v) is 5.59. The number of hydrogen-bond donors (Lipinski definition) is 1. The normalized spacial score (nSPS) is 11.9. The highest BCUT2D eigenvalue weighted by molar-refractivity contribution is 7.92. The minimum absolute atomic E-state index is 0.0761. The zero-order valence-electron chi connectivity index (χ0n) is 11.8. The van der Waals surface area contributed by atoms with Crippen molar-refractivity contribution in [3.05, 3.63) is 29.3 Å². The first-order valence-corrected chi connectivity index (χ1v) is 7.79. The fourth-order valence-corrected chi connectivity index (χ4v) is 2.49. The first-order valence-electron chi connectivity index (χ1n) is 6.14. The first-order chi connectivity index (χ1) is 8.67. The first kappa shape index (κ1) is 15.5. The molecule has 0 fully saturated rings. The lowest BCUT2D eigenvalue weighted by atomic mass is 10.1. The minimum Gasteiger partial charge on any atom is -0.384 e. The van der Waals surface area contributed by atoms with Crippen molar-refractivity contribution in [1.82, 2.24) is 0 Å². The Morgan fingerprint density at radius 1 is 1.32 bits per heavy atom. The van der Waals surface area contributed by atoms with Crippen molar-refractivity contribution < 1.29 is 8.42 Å². The van der Waals surface area contributed by atoms with Crippen molar-refractivity contribution in [1.29, 1.82) is 5.26 Å². The highest BCUT2D eigenvalue weighted by Crippen LogP contribution is 2.18. The maximum Gasteiger partial charge on any atom is 0.156 e. The van der Waals surface area contributed by atoms with Crippen molar-refractivity contribution >= 4 is 15.5 Å². The second kappa shape index (κ2) is 5.62. The Morgan fingerprint density at radius 3 is 2.47 bits per heavy atom. The van der Waals surface area contributed by atoms with Crippen LogP contribution in [-0.2, 0) is 9.84 Å². The molecule has 104 valence electrons. The molecule has 0 aliphatic carbocycles. The van der Waals surface area contributed by atoms with Crippen molar-refractivity contribution in [2.24, 2.45) is 0 Å². The van der Waals surface area contributed by atoms with Gasteiger partial charge in [0.15, 0.2) is 9.84 Å². The molecule has 0 radical (unpaired) electrons. The lowest BCUT2D eigenvalue weighted by molar-refractivity contribution is 0.560. The summed E-state index contributed by atoms with van der Waals surface area (Å²) in [6.07, 6.45) is 0. The van der Waals surface area contributed by atoms with Gasteiger partial charge in [0.05, 0.1) is 22.1 Å². The van der Waals surface area contributed by atoms with E-state index in [1.807, 2.05) is 13.0 Å². The molecule has 19 heavy (non-hydrogen) atoms. The summed E-state index contributed by atoms with van der Waals surface area (Å²) >= 11 is 0. The molecular weight excluding hydrogens is 260 g/mol. The fourth-order valence-electron chi connectivity index (χ4n) is 1.51. The van der Waals surface area contributed by atoms with Crippen LogP contribution < -0.4 is 5.32 Å². The molecule has 1 aromatic rings. The van der Waals surface area contributed by atoms with Gasteiger partial charge in [-0.2, -0.15) is 5.26 Å². The molecule has 0 saturated carbocycles. The molecule has 4 nitrogen and oxygen atoms in total. The van der Waals surface area contributed by atoms with Crippen LogP contribution in [0.5, 0.6) is 0 Å². The van der Waals surface area contributed by atoms with E-state index in [0.717, 1.165) is 11.3 Å². The number of benzene rings is 1. The predicted molar refractivity (Wildman–Crippen MR) is 77.9 cm³/mol. The van der Waals surface area contributed by atoms with E-state index in [4.69, 9.17) is 5.26 Å². The quantitative estimate of drug-likeness (QED) is 0.920. The maximum absolute atomic E-state index is 12.0. The summed E-state index contributed by atoms with van der Waals surface area (Å²) in [5, 5.41) is 11.9. The van der Waals surface area contributed by atoms with Crippen molar-refractivity contribution in [3.63, 3.8) is 0 Å². The molecule has 1 rings (SSSR count). The van der Waals surface area contributed by atoms with Gasteiger partial charge in [-0.05, 0) is 45.4 Å². The highest BCUT2D eigenvalue weighted by atomic mass is 32.2. The van der Waals surface area contributed by atoms with E-state index < -0.39 is 14.6 Å². The number of sulfone groups is 1. The van der Waals surface area contributed by atoms with Crippen LogP contribution in [-0.4, -0.2) is 25.5 Å². The van der Waals surface area contributed by atoms with E-state index in [2.05, 4.69) is 11.4 Å². The van der Waals surface area contributed by atoms with E-state index >= 15 is 0 Å². The molecule has 0 heterocycles. The second-order valence-corrected chi connectivity index (χ2v) is 8.36. The van der Waals surface area contributed by atoms with Crippen LogP contribution in [0.25, 0.3) is 0 Å². The molecule has 0 saturated heterocycles. The summed E-state index contributed by atoms with van der Waals surface area (Å²) in [6.45, 7) is 7.36. The van der Waals surface area contributed by atoms with E-state index in [-0.39, 0.29) is 5.75 Å². The number of nitrogens with zero attached hydrogens (tertiary/aromatic N) is 1. The number of rotatable bonds is 4. The summed E-state index contributed by atoms with van der Waals surface area (Å²) in [6, 6.07) is 7.39. The standard InChI is InChI=1S/C14H20N2O2S/c1-11-5-6-12(10-15)9-13(11)16-7-8-19(17,18)14(2,3)4/h5-6,9,16H,7-8H2,1-4H3. The Hall–Kier alpha value is -1.54. The van der Waals surface area contributed by atoms with Crippen LogP contribution in [0.1, 0.15) is 31.9 Å². The third-order valence-electron chi connectivity index (χ3n) is 2.99. The van der Waals surface area contributed by atoms with Crippen molar-refractivity contribution in [2.45, 2.75) is 32.4 Å². The van der Waals surface area contributed by atoms with Gasteiger partial charge in [0.1, 0.15) is 0 Å². The molecule has 1 N–H and O–H groups in total. The topological polar surface area (TPSA) is 70.0 Å². The second-order valence-electron chi connectivity index (χ2n) is 5.50. The minimum atomic E-state index is -3.12. The lowest BCUT2D eigenvalue weighted by Crippen LogP contribution is -2.32. The Labute approximate surface area is 115 Å². The van der Waals surface area contributed by atoms with Crippen LogP contribution in [0.15, 0.2) is 18.2 Å². The van der Waals surface area contributed by atoms with Crippen LogP contribution in [0.3, 0.4) is 0 Å². The fraction of sp³-hybridized carbons (Fsp3) is 0.500. The predicted octanol–water partition coefficient (Wildman–Crippen LogP) is 2.49. The molecule has 0 spiro atoms. The monoisotopic (exact) mass is 280 g/mol. The van der Waals surface area contributed by atoms with Gasteiger partial charge in [0.2, 0.25) is 0 Å². The van der Waals surface area contributed by atoms with Gasteiger partial charge in [-0.3, -0.25) is 0 Å². The summed E-state index contributed by atoms with van der Waals surface area (Å²) < 4.78 is 23.2. The maximum atomic E-state index is 12.0. The van der Waals surface area contributed by atoms with Gasteiger partial charge < -0.3 is 5.32 Å². The Bertz CT molecular complexity index is 593. The lowest BCUT2D eigenvalue weighted by Gasteiger charge is -2.19. The van der Waals surface area contributed by atoms with Crippen LogP contribution in [0.4, 0.5) is 5.69 Å². The smallest absolute Gasteiger partial charge is 0.156 e. The molecule has 1 aromatic carbocycles. The number of nitrogens with one attached hydrogen (secondary N) is 1. The van der Waals surface area contributed by atoms with E-state index in [1.54, 1.807) is 32.9 Å². The van der Waals surface area contributed by atoms with Gasteiger partial charge in [0.25, 0.3) is 0 Å². The van der Waals surface area contributed by atoms with E-state index in [0.29, 0.717) is 12.1 Å². The van der Waals surface area contributed by atoms with Crippen LogP contribution in [0.2, 0.25) is 0 Å². The highest BCUT2D eigenvalue weighted by Gasteiger charge is 2.28. The molecule has 0 amide bonds. The number of hydrogen-bond acceptors (Lipinski definition) is 4. The van der Waals surface area contributed by atoms with Crippen LogP contribution >= 0.6 is 0 Å². The van der Waals surface area contributed by atoms with Gasteiger partial charge in [0, 0.05) is 12.2 Å². The average Bonchev–Trinajstić information content (AvgIpc) is 2.30. The van der Waals surface area contributed by atoms with Gasteiger partial charge in [-0.15, -0.1) is 0 Å².